The van der Waals surface area contributed by atoms with Gasteiger partial charge in [-0.3, -0.25) is 0 Å². The molecule has 1 aromatic rings. The van der Waals surface area contributed by atoms with Gasteiger partial charge < -0.3 is 10.0 Å². The molecule has 3 nitrogen and oxygen atoms in total. The van der Waals surface area contributed by atoms with Crippen molar-refractivity contribution in [1.82, 2.24) is 4.98 Å². The molecule has 2 heterocycles. The fourth-order valence-electron chi connectivity index (χ4n) is 1.68. The van der Waals surface area contributed by atoms with E-state index in [9.17, 15) is 18.3 Å². The highest BCUT2D eigenvalue weighted by Gasteiger charge is 2.37. The quantitative estimate of drug-likeness (QED) is 0.800. The average Bonchev–Trinajstić information content (AvgIpc) is 2.13. The lowest BCUT2D eigenvalue weighted by atomic mass is 9.97. The number of β-amino-alcohol motifs (C(OH)–C–C–N with tert-alkyl or cyclic N) is 1. The number of nitrogens with zero attached hydrogens (tertiary/aromatic N) is 2. The largest absolute Gasteiger partial charge is 0.417 e. The smallest absolute Gasteiger partial charge is 0.386 e. The van der Waals surface area contributed by atoms with Crippen molar-refractivity contribution >= 4 is 5.82 Å². The van der Waals surface area contributed by atoms with E-state index < -0.39 is 17.3 Å². The summed E-state index contributed by atoms with van der Waals surface area (Å²) in [5.74, 6) is 0.458. The minimum absolute atomic E-state index is 0.394. The molecular weight excluding hydrogens is 221 g/mol. The van der Waals surface area contributed by atoms with E-state index >= 15 is 0 Å². The molecular formula is C10H11F3N2O. The van der Waals surface area contributed by atoms with Crippen molar-refractivity contribution in [3.8, 4) is 0 Å². The van der Waals surface area contributed by atoms with E-state index in [2.05, 4.69) is 4.98 Å². The van der Waals surface area contributed by atoms with Crippen LogP contribution in [-0.2, 0) is 6.18 Å². The van der Waals surface area contributed by atoms with E-state index in [0.29, 0.717) is 18.9 Å². The van der Waals surface area contributed by atoms with Crippen LogP contribution in [0, 0.1) is 0 Å². The monoisotopic (exact) mass is 232 g/mol. The lowest BCUT2D eigenvalue weighted by Crippen LogP contribution is -2.60. The van der Waals surface area contributed by atoms with Crippen molar-refractivity contribution in [1.29, 1.82) is 0 Å². The summed E-state index contributed by atoms with van der Waals surface area (Å²) >= 11 is 0. The molecule has 1 aliphatic rings. The van der Waals surface area contributed by atoms with Crippen LogP contribution in [0.1, 0.15) is 12.5 Å². The van der Waals surface area contributed by atoms with Gasteiger partial charge in [0.2, 0.25) is 0 Å². The molecule has 16 heavy (non-hydrogen) atoms. The van der Waals surface area contributed by atoms with Crippen molar-refractivity contribution in [2.75, 3.05) is 18.0 Å². The van der Waals surface area contributed by atoms with Gasteiger partial charge in [-0.15, -0.1) is 0 Å². The number of pyridine rings is 1. The predicted molar refractivity (Wildman–Crippen MR) is 52.1 cm³/mol. The van der Waals surface area contributed by atoms with Gasteiger partial charge in [0.05, 0.1) is 11.2 Å². The normalized spacial score (nSPS) is 19.4. The summed E-state index contributed by atoms with van der Waals surface area (Å²) in [7, 11) is 0. The van der Waals surface area contributed by atoms with Crippen LogP contribution < -0.4 is 4.90 Å². The van der Waals surface area contributed by atoms with Crippen molar-refractivity contribution < 1.29 is 18.3 Å². The van der Waals surface area contributed by atoms with Gasteiger partial charge in [-0.2, -0.15) is 13.2 Å². The molecule has 0 aliphatic carbocycles. The van der Waals surface area contributed by atoms with E-state index in [1.165, 1.54) is 6.07 Å². The molecule has 0 amide bonds. The van der Waals surface area contributed by atoms with Gasteiger partial charge in [0, 0.05) is 19.3 Å². The minimum atomic E-state index is -4.36. The Morgan fingerprint density at radius 3 is 2.38 bits per heavy atom. The molecule has 0 aromatic carbocycles. The third-order valence-electron chi connectivity index (χ3n) is 2.46. The van der Waals surface area contributed by atoms with E-state index in [1.54, 1.807) is 11.8 Å². The number of hydrogen-bond donors (Lipinski definition) is 1. The molecule has 6 heteroatoms. The molecule has 0 saturated carbocycles. The van der Waals surface area contributed by atoms with Gasteiger partial charge in [0.25, 0.3) is 0 Å². The van der Waals surface area contributed by atoms with Crippen LogP contribution in [0.4, 0.5) is 19.0 Å². The molecule has 0 unspecified atom stereocenters. The molecule has 0 bridgehead atoms. The van der Waals surface area contributed by atoms with Crippen LogP contribution >= 0.6 is 0 Å². The lowest BCUT2D eigenvalue weighted by Gasteiger charge is -2.44. The van der Waals surface area contributed by atoms with Gasteiger partial charge in [0.15, 0.2) is 0 Å². The zero-order valence-corrected chi connectivity index (χ0v) is 8.62. The highest BCUT2D eigenvalue weighted by molar-refractivity contribution is 5.44. The fourth-order valence-corrected chi connectivity index (χ4v) is 1.68. The van der Waals surface area contributed by atoms with Crippen molar-refractivity contribution in [3.63, 3.8) is 0 Å². The molecule has 88 valence electrons. The van der Waals surface area contributed by atoms with Gasteiger partial charge in [-0.1, -0.05) is 0 Å². The Morgan fingerprint density at radius 2 is 2.00 bits per heavy atom. The van der Waals surface area contributed by atoms with Crippen LogP contribution in [0.3, 0.4) is 0 Å². The summed E-state index contributed by atoms with van der Waals surface area (Å²) < 4.78 is 36.7. The minimum Gasteiger partial charge on any atom is -0.386 e. The topological polar surface area (TPSA) is 36.4 Å². The molecule has 2 rings (SSSR count). The Labute approximate surface area is 90.5 Å². The first-order valence-corrected chi connectivity index (χ1v) is 4.78. The van der Waals surface area contributed by atoms with Crippen LogP contribution in [0.15, 0.2) is 18.3 Å². The number of alkyl halides is 3. The highest BCUT2D eigenvalue weighted by Crippen LogP contribution is 2.31. The Hall–Kier alpha value is -1.30. The summed E-state index contributed by atoms with van der Waals surface area (Å²) in [5.41, 5.74) is -1.52. The third kappa shape index (κ3) is 2.11. The Kier molecular flexibility index (Phi) is 2.34. The second kappa shape index (κ2) is 3.35. The molecule has 1 aliphatic heterocycles. The average molecular weight is 232 g/mol. The molecule has 1 saturated heterocycles. The number of hydrogen-bond acceptors (Lipinski definition) is 3. The van der Waals surface area contributed by atoms with Crippen molar-refractivity contribution in [2.24, 2.45) is 0 Å². The molecule has 1 N–H and O–H groups in total. The van der Waals surface area contributed by atoms with E-state index in [1.807, 2.05) is 0 Å². The molecule has 0 radical (unpaired) electrons. The first-order valence-electron chi connectivity index (χ1n) is 4.78. The first-order chi connectivity index (χ1) is 7.28. The number of halogens is 3. The van der Waals surface area contributed by atoms with Gasteiger partial charge in [0.1, 0.15) is 5.82 Å². The highest BCUT2D eigenvalue weighted by atomic mass is 19.4. The lowest BCUT2D eigenvalue weighted by molar-refractivity contribution is -0.137. The number of anilines is 1. The summed E-state index contributed by atoms with van der Waals surface area (Å²) in [6.07, 6.45) is -3.55. The SMILES string of the molecule is CC1(O)CN(c2ccc(C(F)(F)F)cn2)C1. The molecule has 0 atom stereocenters. The fraction of sp³-hybridized carbons (Fsp3) is 0.500. The van der Waals surface area contributed by atoms with Crippen LogP contribution in [0.5, 0.6) is 0 Å². The van der Waals surface area contributed by atoms with Crippen LogP contribution in [0.2, 0.25) is 0 Å². The van der Waals surface area contributed by atoms with Crippen molar-refractivity contribution in [3.05, 3.63) is 23.9 Å². The number of aromatic nitrogens is 1. The molecule has 1 aromatic heterocycles. The maximum absolute atomic E-state index is 12.2. The van der Waals surface area contributed by atoms with E-state index in [0.717, 1.165) is 12.3 Å². The molecule has 0 spiro atoms. The van der Waals surface area contributed by atoms with Crippen LogP contribution in [-0.4, -0.2) is 28.8 Å². The van der Waals surface area contributed by atoms with Gasteiger partial charge in [-0.05, 0) is 19.1 Å². The predicted octanol–water partition coefficient (Wildman–Crippen LogP) is 1.67. The first kappa shape index (κ1) is 11.2. The van der Waals surface area contributed by atoms with E-state index in [-0.39, 0.29) is 0 Å². The number of aliphatic hydroxyl groups is 1. The van der Waals surface area contributed by atoms with Crippen molar-refractivity contribution in [2.45, 2.75) is 18.7 Å². The summed E-state index contributed by atoms with van der Waals surface area (Å²) in [5, 5.41) is 9.48. The summed E-state index contributed by atoms with van der Waals surface area (Å²) in [6.45, 7) is 2.46. The standard InChI is InChI=1S/C10H11F3N2O/c1-9(16)5-15(6-9)8-3-2-7(4-14-8)10(11,12)13/h2-4,16H,5-6H2,1H3. The number of rotatable bonds is 1. The molecule has 1 fully saturated rings. The van der Waals surface area contributed by atoms with Gasteiger partial charge in [-0.25, -0.2) is 4.98 Å². The zero-order chi connectivity index (χ0) is 12.0. The van der Waals surface area contributed by atoms with Gasteiger partial charge >= 0.3 is 6.18 Å². The Morgan fingerprint density at radius 1 is 1.38 bits per heavy atom. The van der Waals surface area contributed by atoms with E-state index in [4.69, 9.17) is 0 Å². The maximum Gasteiger partial charge on any atom is 0.417 e. The Bertz CT molecular complexity index is 378. The third-order valence-corrected chi connectivity index (χ3v) is 2.46. The zero-order valence-electron chi connectivity index (χ0n) is 8.62. The second-order valence-corrected chi connectivity index (χ2v) is 4.26. The summed E-state index contributed by atoms with van der Waals surface area (Å²) in [6, 6.07) is 2.31. The van der Waals surface area contributed by atoms with Crippen LogP contribution in [0.25, 0.3) is 0 Å². The Balaban J connectivity index is 2.10. The second-order valence-electron chi connectivity index (χ2n) is 4.26. The summed E-state index contributed by atoms with van der Waals surface area (Å²) in [4.78, 5) is 5.45. The maximum atomic E-state index is 12.2.